The van der Waals surface area contributed by atoms with Crippen molar-refractivity contribution in [3.05, 3.63) is 35.4 Å². The number of rotatable bonds is 3. The van der Waals surface area contributed by atoms with Crippen LogP contribution in [0.25, 0.3) is 0 Å². The molecule has 1 amide bonds. The second-order valence-electron chi connectivity index (χ2n) is 6.18. The molecule has 3 unspecified atom stereocenters. The highest BCUT2D eigenvalue weighted by Gasteiger charge is 2.45. The van der Waals surface area contributed by atoms with Crippen molar-refractivity contribution in [3.63, 3.8) is 0 Å². The number of hydrogen-bond acceptors (Lipinski definition) is 3. The summed E-state index contributed by atoms with van der Waals surface area (Å²) in [6, 6.07) is 4.64. The van der Waals surface area contributed by atoms with Crippen LogP contribution in [0.5, 0.6) is 0 Å². The zero-order chi connectivity index (χ0) is 16.8. The molecule has 8 heteroatoms. The van der Waals surface area contributed by atoms with E-state index in [9.17, 15) is 26.4 Å². The first kappa shape index (κ1) is 16.3. The van der Waals surface area contributed by atoms with E-state index < -0.39 is 21.6 Å². The molecule has 1 aliphatic heterocycles. The fraction of sp³-hybridized carbons (Fsp3) is 0.533. The van der Waals surface area contributed by atoms with Crippen LogP contribution in [-0.2, 0) is 20.8 Å². The Balaban J connectivity index is 1.62. The summed E-state index contributed by atoms with van der Waals surface area (Å²) < 4.78 is 60.9. The van der Waals surface area contributed by atoms with E-state index in [4.69, 9.17) is 0 Å². The van der Waals surface area contributed by atoms with Crippen molar-refractivity contribution in [2.75, 3.05) is 11.5 Å². The molecule has 2 aliphatic rings. The molecule has 1 N–H and O–H groups in total. The number of halogens is 3. The minimum atomic E-state index is -4.40. The largest absolute Gasteiger partial charge is 0.416 e. The smallest absolute Gasteiger partial charge is 0.352 e. The van der Waals surface area contributed by atoms with E-state index in [2.05, 4.69) is 5.32 Å². The lowest BCUT2D eigenvalue weighted by Gasteiger charge is -2.11. The molecule has 126 valence electrons. The van der Waals surface area contributed by atoms with E-state index in [1.165, 1.54) is 6.07 Å². The van der Waals surface area contributed by atoms with Crippen molar-refractivity contribution in [3.8, 4) is 0 Å². The van der Waals surface area contributed by atoms with Crippen LogP contribution < -0.4 is 5.32 Å². The Kier molecular flexibility index (Phi) is 3.90. The molecule has 23 heavy (non-hydrogen) atoms. The number of benzene rings is 1. The van der Waals surface area contributed by atoms with Crippen LogP contribution in [0.1, 0.15) is 29.9 Å². The van der Waals surface area contributed by atoms with Gasteiger partial charge in [0, 0.05) is 12.0 Å². The molecular formula is C15H16F3NO3S. The lowest BCUT2D eigenvalue weighted by atomic mass is 10.1. The predicted molar refractivity (Wildman–Crippen MR) is 77.5 cm³/mol. The number of nitrogens with one attached hydrogen (secondary N) is 1. The lowest BCUT2D eigenvalue weighted by Crippen LogP contribution is -2.36. The van der Waals surface area contributed by atoms with Crippen molar-refractivity contribution < 1.29 is 26.4 Å². The van der Waals surface area contributed by atoms with Crippen LogP contribution in [-0.4, -0.2) is 31.9 Å². The zero-order valence-corrected chi connectivity index (χ0v) is 13.0. The van der Waals surface area contributed by atoms with Crippen LogP contribution in [0.15, 0.2) is 24.3 Å². The van der Waals surface area contributed by atoms with Crippen molar-refractivity contribution in [2.24, 2.45) is 5.92 Å². The monoisotopic (exact) mass is 347 g/mol. The summed E-state index contributed by atoms with van der Waals surface area (Å²) in [5.41, 5.74) is -0.220. The fourth-order valence-corrected chi connectivity index (χ4v) is 4.69. The molecule has 1 aromatic rings. The average Bonchev–Trinajstić information content (AvgIpc) is 3.18. The molecule has 4 nitrogen and oxygen atoms in total. The second-order valence-corrected chi connectivity index (χ2v) is 8.41. The van der Waals surface area contributed by atoms with Crippen molar-refractivity contribution >= 4 is 15.7 Å². The maximum atomic E-state index is 12.7. The first-order valence-corrected chi connectivity index (χ1v) is 9.16. The van der Waals surface area contributed by atoms with Crippen LogP contribution >= 0.6 is 0 Å². The quantitative estimate of drug-likeness (QED) is 0.911. The van der Waals surface area contributed by atoms with Gasteiger partial charge in [0.25, 0.3) is 0 Å². The van der Waals surface area contributed by atoms with Crippen molar-refractivity contribution in [1.29, 1.82) is 0 Å². The van der Waals surface area contributed by atoms with E-state index in [1.54, 1.807) is 6.07 Å². The second kappa shape index (κ2) is 5.51. The highest BCUT2D eigenvalue weighted by atomic mass is 32.2. The normalized spacial score (nSPS) is 29.3. The molecule has 0 radical (unpaired) electrons. The third-order valence-electron chi connectivity index (χ3n) is 4.35. The van der Waals surface area contributed by atoms with E-state index in [0.717, 1.165) is 12.1 Å². The summed E-state index contributed by atoms with van der Waals surface area (Å²) >= 11 is 0. The van der Waals surface area contributed by atoms with Gasteiger partial charge >= 0.3 is 6.18 Å². The first-order chi connectivity index (χ1) is 10.7. The van der Waals surface area contributed by atoms with E-state index in [-0.39, 0.29) is 35.3 Å². The van der Waals surface area contributed by atoms with Crippen LogP contribution in [0.3, 0.4) is 0 Å². The van der Waals surface area contributed by atoms with Gasteiger partial charge in [-0.25, -0.2) is 8.42 Å². The van der Waals surface area contributed by atoms with Gasteiger partial charge in [-0.05, 0) is 30.4 Å². The van der Waals surface area contributed by atoms with Gasteiger partial charge in [0.1, 0.15) is 0 Å². The van der Waals surface area contributed by atoms with Gasteiger partial charge in [-0.1, -0.05) is 18.2 Å². The van der Waals surface area contributed by atoms with Crippen LogP contribution in [0.2, 0.25) is 0 Å². The zero-order valence-electron chi connectivity index (χ0n) is 12.1. The van der Waals surface area contributed by atoms with E-state index in [1.807, 2.05) is 0 Å². The van der Waals surface area contributed by atoms with Crippen LogP contribution in [0, 0.1) is 5.92 Å². The summed E-state index contributed by atoms with van der Waals surface area (Å²) in [6.45, 7) is 0. The molecule has 1 heterocycles. The first-order valence-electron chi connectivity index (χ1n) is 7.34. The Bertz CT molecular complexity index is 730. The maximum absolute atomic E-state index is 12.7. The minimum absolute atomic E-state index is 0.0559. The molecular weight excluding hydrogens is 331 g/mol. The third kappa shape index (κ3) is 3.68. The topological polar surface area (TPSA) is 63.2 Å². The average molecular weight is 347 g/mol. The summed E-state index contributed by atoms with van der Waals surface area (Å²) in [5, 5.41) is 2.70. The summed E-state index contributed by atoms with van der Waals surface area (Å²) in [6.07, 6.45) is -3.51. The van der Waals surface area contributed by atoms with Crippen molar-refractivity contribution in [2.45, 2.75) is 31.0 Å². The summed E-state index contributed by atoms with van der Waals surface area (Å²) in [5.74, 6) is -0.856. The molecule has 0 bridgehead atoms. The molecule has 1 aromatic carbocycles. The van der Waals surface area contributed by atoms with Gasteiger partial charge in [-0.2, -0.15) is 13.2 Å². The molecule has 3 atom stereocenters. The molecule has 0 aromatic heterocycles. The Morgan fingerprint density at radius 1 is 1.26 bits per heavy atom. The summed E-state index contributed by atoms with van der Waals surface area (Å²) in [7, 11) is -3.07. The lowest BCUT2D eigenvalue weighted by molar-refractivity contribution is -0.137. The molecule has 0 spiro atoms. The third-order valence-corrected chi connectivity index (χ3v) is 6.12. The Morgan fingerprint density at radius 3 is 2.61 bits per heavy atom. The van der Waals surface area contributed by atoms with E-state index >= 15 is 0 Å². The number of carbonyl (C=O) groups excluding carboxylic acids is 1. The van der Waals surface area contributed by atoms with Gasteiger partial charge in [0.15, 0.2) is 9.84 Å². The van der Waals surface area contributed by atoms with Crippen molar-refractivity contribution in [1.82, 2.24) is 5.32 Å². The number of alkyl halides is 3. The van der Waals surface area contributed by atoms with Gasteiger partial charge in [-0.15, -0.1) is 0 Å². The Morgan fingerprint density at radius 2 is 2.00 bits per heavy atom. The van der Waals surface area contributed by atoms with Crippen LogP contribution in [0.4, 0.5) is 13.2 Å². The Hall–Kier alpha value is -1.57. The van der Waals surface area contributed by atoms with Gasteiger partial charge in [-0.3, -0.25) is 4.79 Å². The molecule has 1 aliphatic carbocycles. The molecule has 1 saturated carbocycles. The Labute approximate surface area is 132 Å². The van der Waals surface area contributed by atoms with E-state index in [0.29, 0.717) is 18.4 Å². The number of hydrogen-bond donors (Lipinski definition) is 1. The number of amides is 1. The van der Waals surface area contributed by atoms with Gasteiger partial charge in [0.05, 0.1) is 17.1 Å². The number of sulfone groups is 1. The van der Waals surface area contributed by atoms with Gasteiger partial charge < -0.3 is 5.32 Å². The summed E-state index contributed by atoms with van der Waals surface area (Å²) in [4.78, 5) is 12.1. The maximum Gasteiger partial charge on any atom is 0.416 e. The predicted octanol–water partition coefficient (Wildman–Crippen LogP) is 2.11. The number of carbonyl (C=O) groups is 1. The minimum Gasteiger partial charge on any atom is -0.352 e. The molecule has 1 saturated heterocycles. The van der Waals surface area contributed by atoms with Gasteiger partial charge in [0.2, 0.25) is 5.91 Å². The standard InChI is InChI=1S/C15H16F3NO3S/c16-15(17,18)10-3-1-2-9(6-10)12-7-13(12)14(20)19-11-4-5-23(21,22)8-11/h1-3,6,11-13H,4-5,7-8H2,(H,19,20). The SMILES string of the molecule is O=C(NC1CCS(=O)(=O)C1)C1CC1c1cccc(C(F)(F)F)c1. The molecule has 3 rings (SSSR count). The highest BCUT2D eigenvalue weighted by molar-refractivity contribution is 7.91. The fourth-order valence-electron chi connectivity index (χ4n) is 3.02. The molecule has 2 fully saturated rings. The highest BCUT2D eigenvalue weighted by Crippen LogP contribution is 2.48.